The van der Waals surface area contributed by atoms with Crippen LogP contribution in [0.15, 0.2) is 68.9 Å². The summed E-state index contributed by atoms with van der Waals surface area (Å²) in [6.07, 6.45) is 1.95. The highest BCUT2D eigenvalue weighted by Crippen LogP contribution is 2.15. The van der Waals surface area contributed by atoms with Gasteiger partial charge in [-0.15, -0.1) is 5.11 Å². The summed E-state index contributed by atoms with van der Waals surface area (Å²) >= 11 is 0. The van der Waals surface area contributed by atoms with Crippen molar-refractivity contribution in [3.8, 4) is 0 Å². The van der Waals surface area contributed by atoms with Crippen molar-refractivity contribution in [3.05, 3.63) is 59.7 Å². The molecule has 2 aromatic carbocycles. The fourth-order valence-corrected chi connectivity index (χ4v) is 2.91. The van der Waals surface area contributed by atoms with Crippen LogP contribution in [0.1, 0.15) is 24.0 Å². The van der Waals surface area contributed by atoms with Crippen LogP contribution in [0, 0.1) is 0 Å². The van der Waals surface area contributed by atoms with Gasteiger partial charge in [0.25, 0.3) is 0 Å². The van der Waals surface area contributed by atoms with E-state index in [9.17, 15) is 0 Å². The Morgan fingerprint density at radius 1 is 0.727 bits per heavy atom. The van der Waals surface area contributed by atoms with E-state index in [4.69, 9.17) is 11.5 Å². The Morgan fingerprint density at radius 3 is 1.64 bits per heavy atom. The van der Waals surface area contributed by atoms with Crippen LogP contribution in [-0.2, 0) is 0 Å². The lowest BCUT2D eigenvalue weighted by molar-refractivity contribution is 0.403. The summed E-state index contributed by atoms with van der Waals surface area (Å²) in [5, 5.41) is 8.25. The fourth-order valence-electron chi connectivity index (χ4n) is 2.91. The molecule has 0 spiro atoms. The van der Waals surface area contributed by atoms with Crippen molar-refractivity contribution in [2.75, 3.05) is 59.8 Å². The molecule has 178 valence electrons. The number of aliphatic imine (C=N–C) groups is 2. The monoisotopic (exact) mass is 451 g/mol. The Hall–Kier alpha value is -3.30. The highest BCUT2D eigenvalue weighted by molar-refractivity contribution is 5.98. The summed E-state index contributed by atoms with van der Waals surface area (Å²) in [7, 11) is 8.19. The lowest BCUT2D eigenvalue weighted by Gasteiger charge is -2.07. The highest BCUT2D eigenvalue weighted by atomic mass is 15.4. The van der Waals surface area contributed by atoms with Crippen LogP contribution >= 0.6 is 0 Å². The first-order valence-electron chi connectivity index (χ1n) is 11.1. The summed E-state index contributed by atoms with van der Waals surface area (Å²) in [6.45, 7) is 3.41. The number of nitrogens with one attached hydrogen (secondary N) is 1. The van der Waals surface area contributed by atoms with Crippen LogP contribution in [0.3, 0.4) is 0 Å². The van der Waals surface area contributed by atoms with Crippen LogP contribution in [0.5, 0.6) is 0 Å². The molecule has 0 atom stereocenters. The maximum Gasteiger partial charge on any atom is 0.125 e. The van der Waals surface area contributed by atoms with Gasteiger partial charge in [-0.05, 0) is 103 Å². The van der Waals surface area contributed by atoms with E-state index in [0.717, 1.165) is 48.4 Å². The SMILES string of the molecule is CN(C)CCCN=C(N)c1ccc(N=NNc2ccc(C(N)=NCCCN(C)C)cc2)cc1. The number of benzene rings is 2. The number of hydrogen-bond acceptors (Lipinski definition) is 6. The molecule has 0 aliphatic rings. The Bertz CT molecular complexity index is 914. The lowest BCUT2D eigenvalue weighted by Crippen LogP contribution is -2.16. The second kappa shape index (κ2) is 14.0. The van der Waals surface area contributed by atoms with Crippen molar-refractivity contribution in [1.82, 2.24) is 9.80 Å². The van der Waals surface area contributed by atoms with Gasteiger partial charge in [0.05, 0.1) is 11.4 Å². The summed E-state index contributed by atoms with van der Waals surface area (Å²) in [6, 6.07) is 15.1. The Morgan fingerprint density at radius 2 is 1.18 bits per heavy atom. The Kier molecular flexibility index (Phi) is 11.0. The van der Waals surface area contributed by atoms with Crippen LogP contribution in [0.4, 0.5) is 11.4 Å². The second-order valence-corrected chi connectivity index (χ2v) is 8.28. The largest absolute Gasteiger partial charge is 0.384 e. The van der Waals surface area contributed by atoms with E-state index in [-0.39, 0.29) is 0 Å². The molecule has 2 aromatic rings. The third-order valence-corrected chi connectivity index (χ3v) is 4.78. The topological polar surface area (TPSA) is 120 Å². The van der Waals surface area contributed by atoms with E-state index in [1.165, 1.54) is 0 Å². The molecule has 0 aliphatic heterocycles. The van der Waals surface area contributed by atoms with Gasteiger partial charge in [0.15, 0.2) is 0 Å². The number of anilines is 1. The van der Waals surface area contributed by atoms with Crippen molar-refractivity contribution in [3.63, 3.8) is 0 Å². The van der Waals surface area contributed by atoms with Crippen LogP contribution in [0.2, 0.25) is 0 Å². The molecule has 0 radical (unpaired) electrons. The molecule has 0 amide bonds. The first kappa shape index (κ1) is 26.0. The number of nitrogens with zero attached hydrogens (tertiary/aromatic N) is 6. The van der Waals surface area contributed by atoms with E-state index in [1.54, 1.807) is 0 Å². The smallest absolute Gasteiger partial charge is 0.125 e. The Balaban J connectivity index is 1.83. The third kappa shape index (κ3) is 10.2. The van der Waals surface area contributed by atoms with Gasteiger partial charge in [-0.25, -0.2) is 0 Å². The summed E-state index contributed by atoms with van der Waals surface area (Å²) in [5.41, 5.74) is 18.4. The molecule has 0 aliphatic carbocycles. The quantitative estimate of drug-likeness (QED) is 0.142. The van der Waals surface area contributed by atoms with E-state index < -0.39 is 0 Å². The van der Waals surface area contributed by atoms with Gasteiger partial charge in [0.2, 0.25) is 0 Å². The van der Waals surface area contributed by atoms with Crippen molar-refractivity contribution >= 4 is 23.0 Å². The maximum absolute atomic E-state index is 6.07. The zero-order chi connectivity index (χ0) is 24.1. The van der Waals surface area contributed by atoms with E-state index in [2.05, 4.69) is 35.5 Å². The molecule has 0 aromatic heterocycles. The van der Waals surface area contributed by atoms with Crippen LogP contribution in [-0.4, -0.2) is 75.8 Å². The standard InChI is InChI=1S/C24H37N9/c1-32(2)17-5-15-27-23(25)19-7-11-21(12-8-19)29-31-30-22-13-9-20(10-14-22)24(26)28-16-6-18-33(3)4/h7-14H,5-6,15-18H2,1-4H3,(H2,25,27)(H2,26,28)(H,29,30). The predicted octanol–water partition coefficient (Wildman–Crippen LogP) is 3.11. The number of nitrogens with two attached hydrogens (primary N) is 2. The molecule has 0 saturated heterocycles. The summed E-state index contributed by atoms with van der Waals surface area (Å²) in [5.74, 6) is 1.08. The molecule has 0 saturated carbocycles. The molecule has 0 unspecified atom stereocenters. The first-order chi connectivity index (χ1) is 15.8. The minimum Gasteiger partial charge on any atom is -0.384 e. The minimum absolute atomic E-state index is 0.538. The average Bonchev–Trinajstić information content (AvgIpc) is 2.80. The van der Waals surface area contributed by atoms with Gasteiger partial charge in [0, 0.05) is 24.2 Å². The average molecular weight is 452 g/mol. The molecule has 0 bridgehead atoms. The van der Waals surface area contributed by atoms with Crippen molar-refractivity contribution in [1.29, 1.82) is 0 Å². The number of hydrogen-bond donors (Lipinski definition) is 3. The molecular formula is C24H37N9. The molecule has 9 nitrogen and oxygen atoms in total. The molecule has 0 fully saturated rings. The first-order valence-corrected chi connectivity index (χ1v) is 11.1. The third-order valence-electron chi connectivity index (χ3n) is 4.78. The number of amidine groups is 2. The molecule has 33 heavy (non-hydrogen) atoms. The molecular weight excluding hydrogens is 414 g/mol. The van der Waals surface area contributed by atoms with Crippen molar-refractivity contribution in [2.45, 2.75) is 12.8 Å². The normalized spacial score (nSPS) is 12.8. The van der Waals surface area contributed by atoms with Crippen molar-refractivity contribution in [2.24, 2.45) is 31.8 Å². The highest BCUT2D eigenvalue weighted by Gasteiger charge is 2.01. The zero-order valence-corrected chi connectivity index (χ0v) is 20.2. The van der Waals surface area contributed by atoms with E-state index in [0.29, 0.717) is 24.8 Å². The van der Waals surface area contributed by atoms with Crippen LogP contribution < -0.4 is 16.9 Å². The van der Waals surface area contributed by atoms with Gasteiger partial charge < -0.3 is 21.3 Å². The van der Waals surface area contributed by atoms with Crippen molar-refractivity contribution < 1.29 is 0 Å². The lowest BCUT2D eigenvalue weighted by atomic mass is 10.2. The zero-order valence-electron chi connectivity index (χ0n) is 20.2. The minimum atomic E-state index is 0.538. The maximum atomic E-state index is 6.07. The summed E-state index contributed by atoms with van der Waals surface area (Å²) < 4.78 is 0. The van der Waals surface area contributed by atoms with Gasteiger partial charge in [0.1, 0.15) is 11.7 Å². The second-order valence-electron chi connectivity index (χ2n) is 8.28. The van der Waals surface area contributed by atoms with E-state index >= 15 is 0 Å². The van der Waals surface area contributed by atoms with Gasteiger partial charge in [-0.2, -0.15) is 0 Å². The molecule has 5 N–H and O–H groups in total. The summed E-state index contributed by atoms with van der Waals surface area (Å²) in [4.78, 5) is 13.1. The Labute approximate surface area is 197 Å². The number of rotatable bonds is 13. The van der Waals surface area contributed by atoms with Gasteiger partial charge in [-0.3, -0.25) is 15.4 Å². The molecule has 9 heteroatoms. The molecule has 2 rings (SSSR count). The van der Waals surface area contributed by atoms with Crippen LogP contribution in [0.25, 0.3) is 0 Å². The fraction of sp³-hybridized carbons (Fsp3) is 0.417. The van der Waals surface area contributed by atoms with Gasteiger partial charge >= 0.3 is 0 Å². The van der Waals surface area contributed by atoms with E-state index in [1.807, 2.05) is 76.7 Å². The van der Waals surface area contributed by atoms with Gasteiger partial charge in [-0.1, -0.05) is 5.22 Å². The predicted molar refractivity (Wildman–Crippen MR) is 139 cm³/mol. The molecule has 0 heterocycles.